The molecule has 0 amide bonds. The first-order chi connectivity index (χ1) is 14.2. The standard InChI is InChI=1S/C24H27NO4/c1-5-14-7-15-17-10-23-24(29-13-28-23)11-18(17)16-8-21(26-3)22(27-4)9-19(16)20(15)12-25(14)6-2/h8-11,14H,5-7,12-13H2,1-4H3. The summed E-state index contributed by atoms with van der Waals surface area (Å²) in [5.74, 6) is 3.16. The van der Waals surface area contributed by atoms with Crippen molar-refractivity contribution in [2.45, 2.75) is 39.3 Å². The molecule has 0 spiro atoms. The van der Waals surface area contributed by atoms with Crippen molar-refractivity contribution < 1.29 is 18.9 Å². The molecule has 0 fully saturated rings. The van der Waals surface area contributed by atoms with Gasteiger partial charge >= 0.3 is 0 Å². The molecule has 3 aromatic carbocycles. The van der Waals surface area contributed by atoms with Crippen LogP contribution in [0.25, 0.3) is 21.5 Å². The summed E-state index contributed by atoms with van der Waals surface area (Å²) in [6.45, 7) is 6.80. The summed E-state index contributed by atoms with van der Waals surface area (Å²) in [5.41, 5.74) is 2.81. The fraction of sp³-hybridized carbons (Fsp3) is 0.417. The Balaban J connectivity index is 1.89. The summed E-state index contributed by atoms with van der Waals surface area (Å²) in [4.78, 5) is 2.58. The van der Waals surface area contributed by atoms with Crippen LogP contribution in [0.2, 0.25) is 0 Å². The molecule has 0 saturated carbocycles. The van der Waals surface area contributed by atoms with Gasteiger partial charge in [0.25, 0.3) is 0 Å². The van der Waals surface area contributed by atoms with Gasteiger partial charge in [0.05, 0.1) is 14.2 Å². The number of hydrogen-bond acceptors (Lipinski definition) is 5. The lowest BCUT2D eigenvalue weighted by Crippen LogP contribution is -2.39. The van der Waals surface area contributed by atoms with Crippen LogP contribution in [0.4, 0.5) is 0 Å². The fourth-order valence-corrected chi connectivity index (χ4v) is 4.97. The molecule has 0 radical (unpaired) electrons. The minimum Gasteiger partial charge on any atom is -0.493 e. The van der Waals surface area contributed by atoms with Crippen LogP contribution < -0.4 is 18.9 Å². The number of hydrogen-bond donors (Lipinski definition) is 0. The second-order valence-electron chi connectivity index (χ2n) is 7.79. The van der Waals surface area contributed by atoms with Crippen LogP contribution in [0.3, 0.4) is 0 Å². The Morgan fingerprint density at radius 1 is 0.862 bits per heavy atom. The van der Waals surface area contributed by atoms with E-state index in [-0.39, 0.29) is 6.79 Å². The zero-order chi connectivity index (χ0) is 20.1. The van der Waals surface area contributed by atoms with Gasteiger partial charge in [0.2, 0.25) is 6.79 Å². The predicted octanol–water partition coefficient (Wildman–Crippen LogP) is 4.90. The number of methoxy groups -OCH3 is 2. The molecule has 0 bridgehead atoms. The number of nitrogens with zero attached hydrogens (tertiary/aromatic N) is 1. The second-order valence-corrected chi connectivity index (χ2v) is 7.79. The monoisotopic (exact) mass is 393 g/mol. The largest absolute Gasteiger partial charge is 0.493 e. The van der Waals surface area contributed by atoms with Gasteiger partial charge in [-0.3, -0.25) is 4.90 Å². The molecule has 0 aromatic heterocycles. The first kappa shape index (κ1) is 18.4. The third-order valence-corrected chi connectivity index (χ3v) is 6.54. The Kier molecular flexibility index (Phi) is 4.43. The van der Waals surface area contributed by atoms with Gasteiger partial charge in [-0.2, -0.15) is 0 Å². The molecule has 1 unspecified atom stereocenters. The molecule has 5 heteroatoms. The smallest absolute Gasteiger partial charge is 0.231 e. The molecule has 152 valence electrons. The summed E-state index contributed by atoms with van der Waals surface area (Å²) < 4.78 is 22.6. The van der Waals surface area contributed by atoms with Crippen molar-refractivity contribution >= 4 is 21.5 Å². The van der Waals surface area contributed by atoms with Gasteiger partial charge in [0, 0.05) is 12.6 Å². The second kappa shape index (κ2) is 6.99. The molecule has 0 aliphatic carbocycles. The van der Waals surface area contributed by atoms with E-state index in [1.807, 2.05) is 0 Å². The molecule has 2 aliphatic rings. The summed E-state index contributed by atoms with van der Waals surface area (Å²) in [7, 11) is 3.38. The van der Waals surface area contributed by atoms with E-state index in [0.29, 0.717) is 6.04 Å². The van der Waals surface area contributed by atoms with Crippen molar-refractivity contribution in [2.24, 2.45) is 0 Å². The van der Waals surface area contributed by atoms with Crippen LogP contribution in [0, 0.1) is 0 Å². The summed E-state index contributed by atoms with van der Waals surface area (Å²) in [6, 6.07) is 9.08. The molecule has 5 rings (SSSR count). The number of benzene rings is 3. The van der Waals surface area contributed by atoms with Gasteiger partial charge in [-0.05, 0) is 76.3 Å². The Morgan fingerprint density at radius 2 is 1.45 bits per heavy atom. The van der Waals surface area contributed by atoms with Crippen LogP contribution in [0.5, 0.6) is 23.0 Å². The van der Waals surface area contributed by atoms with Gasteiger partial charge in [0.15, 0.2) is 23.0 Å². The zero-order valence-corrected chi connectivity index (χ0v) is 17.5. The maximum atomic E-state index is 5.71. The number of fused-ring (bicyclic) bond motifs is 7. The topological polar surface area (TPSA) is 40.2 Å². The Morgan fingerprint density at radius 3 is 2.07 bits per heavy atom. The molecule has 3 aromatic rings. The van der Waals surface area contributed by atoms with Crippen LogP contribution >= 0.6 is 0 Å². The van der Waals surface area contributed by atoms with E-state index in [2.05, 4.69) is 43.0 Å². The van der Waals surface area contributed by atoms with Gasteiger partial charge in [0.1, 0.15) is 0 Å². The molecule has 2 aliphatic heterocycles. The van der Waals surface area contributed by atoms with Crippen LogP contribution in [0.1, 0.15) is 31.4 Å². The van der Waals surface area contributed by atoms with E-state index in [4.69, 9.17) is 18.9 Å². The molecule has 0 saturated heterocycles. The molecule has 0 N–H and O–H groups in total. The Labute approximate surface area is 171 Å². The number of rotatable bonds is 4. The third-order valence-electron chi connectivity index (χ3n) is 6.54. The van der Waals surface area contributed by atoms with Crippen LogP contribution in [-0.2, 0) is 13.0 Å². The highest BCUT2D eigenvalue weighted by Crippen LogP contribution is 2.46. The van der Waals surface area contributed by atoms with Crippen LogP contribution in [0.15, 0.2) is 24.3 Å². The van der Waals surface area contributed by atoms with E-state index in [0.717, 1.165) is 48.9 Å². The van der Waals surface area contributed by atoms with Gasteiger partial charge < -0.3 is 18.9 Å². The first-order valence-electron chi connectivity index (χ1n) is 10.3. The quantitative estimate of drug-likeness (QED) is 0.590. The molecule has 2 heterocycles. The van der Waals surface area contributed by atoms with E-state index in [1.165, 1.54) is 32.7 Å². The van der Waals surface area contributed by atoms with E-state index >= 15 is 0 Å². The number of likely N-dealkylation sites (N-methyl/N-ethyl adjacent to an activating group) is 1. The van der Waals surface area contributed by atoms with Crippen molar-refractivity contribution in [3.8, 4) is 23.0 Å². The highest BCUT2D eigenvalue weighted by atomic mass is 16.7. The van der Waals surface area contributed by atoms with Gasteiger partial charge in [-0.1, -0.05) is 13.8 Å². The predicted molar refractivity (Wildman–Crippen MR) is 115 cm³/mol. The zero-order valence-electron chi connectivity index (χ0n) is 17.5. The minimum atomic E-state index is 0.282. The summed E-state index contributed by atoms with van der Waals surface area (Å²) >= 11 is 0. The van der Waals surface area contributed by atoms with E-state index in [1.54, 1.807) is 14.2 Å². The maximum absolute atomic E-state index is 5.71. The Bertz CT molecular complexity index is 1110. The van der Waals surface area contributed by atoms with Gasteiger partial charge in [-0.15, -0.1) is 0 Å². The van der Waals surface area contributed by atoms with Crippen molar-refractivity contribution in [2.75, 3.05) is 27.6 Å². The molecule has 5 nitrogen and oxygen atoms in total. The van der Waals surface area contributed by atoms with Crippen molar-refractivity contribution in [1.29, 1.82) is 0 Å². The van der Waals surface area contributed by atoms with Crippen molar-refractivity contribution in [3.05, 3.63) is 35.4 Å². The molecule has 29 heavy (non-hydrogen) atoms. The molecular formula is C24H27NO4. The lowest BCUT2D eigenvalue weighted by molar-refractivity contribution is 0.174. The highest BCUT2D eigenvalue weighted by Gasteiger charge is 2.29. The lowest BCUT2D eigenvalue weighted by Gasteiger charge is -2.37. The van der Waals surface area contributed by atoms with Crippen molar-refractivity contribution in [3.63, 3.8) is 0 Å². The lowest BCUT2D eigenvalue weighted by atomic mass is 9.84. The SMILES string of the molecule is CCC1Cc2c(c3cc(OC)c(OC)cc3c3cc4c(cc23)OCO4)CN1CC. The van der Waals surface area contributed by atoms with Crippen LogP contribution in [-0.4, -0.2) is 38.5 Å². The average Bonchev–Trinajstić information content (AvgIpc) is 3.23. The minimum absolute atomic E-state index is 0.282. The maximum Gasteiger partial charge on any atom is 0.231 e. The normalized spacial score (nSPS) is 18.3. The number of ether oxygens (including phenoxy) is 4. The van der Waals surface area contributed by atoms with Crippen molar-refractivity contribution in [1.82, 2.24) is 4.90 Å². The van der Waals surface area contributed by atoms with E-state index in [9.17, 15) is 0 Å². The third kappa shape index (κ3) is 2.71. The van der Waals surface area contributed by atoms with E-state index < -0.39 is 0 Å². The average molecular weight is 393 g/mol. The fourth-order valence-electron chi connectivity index (χ4n) is 4.97. The summed E-state index contributed by atoms with van der Waals surface area (Å²) in [5, 5.41) is 4.85. The first-order valence-corrected chi connectivity index (χ1v) is 10.3. The Hall–Kier alpha value is -2.66. The van der Waals surface area contributed by atoms with Gasteiger partial charge in [-0.25, -0.2) is 0 Å². The highest BCUT2D eigenvalue weighted by molar-refractivity contribution is 6.13. The molecular weight excluding hydrogens is 366 g/mol. The summed E-state index contributed by atoms with van der Waals surface area (Å²) in [6.07, 6.45) is 2.18. The molecule has 1 atom stereocenters.